The topological polar surface area (TPSA) is 49.4 Å². The van der Waals surface area contributed by atoms with Crippen molar-refractivity contribution in [2.75, 3.05) is 20.6 Å². The van der Waals surface area contributed by atoms with Crippen LogP contribution in [-0.4, -0.2) is 37.4 Å². The Morgan fingerprint density at radius 1 is 1.32 bits per heavy atom. The predicted octanol–water partition coefficient (Wildman–Crippen LogP) is 1.88. The van der Waals surface area contributed by atoms with Gasteiger partial charge in [-0.1, -0.05) is 19.1 Å². The zero-order chi connectivity index (χ0) is 14.4. The number of nitrogens with one attached hydrogen (secondary N) is 1. The molecule has 0 aromatic heterocycles. The van der Waals surface area contributed by atoms with Crippen molar-refractivity contribution < 1.29 is 9.59 Å². The number of nitrogens with zero attached hydrogens (tertiary/aromatic N) is 1. The van der Waals surface area contributed by atoms with Crippen LogP contribution in [0.2, 0.25) is 0 Å². The second-order valence-electron chi connectivity index (χ2n) is 4.53. The summed E-state index contributed by atoms with van der Waals surface area (Å²) in [4.78, 5) is 25.1. The van der Waals surface area contributed by atoms with Crippen molar-refractivity contribution in [3.63, 3.8) is 0 Å². The first-order valence-corrected chi connectivity index (χ1v) is 6.65. The molecule has 0 heterocycles. The van der Waals surface area contributed by atoms with Gasteiger partial charge in [0, 0.05) is 32.1 Å². The average molecular weight is 283 g/mol. The van der Waals surface area contributed by atoms with E-state index in [9.17, 15) is 9.59 Å². The summed E-state index contributed by atoms with van der Waals surface area (Å²) < 4.78 is 0. The summed E-state index contributed by atoms with van der Waals surface area (Å²) in [6.45, 7) is 2.18. The molecule has 0 aliphatic carbocycles. The molecule has 1 aromatic carbocycles. The van der Waals surface area contributed by atoms with Gasteiger partial charge in [0.15, 0.2) is 0 Å². The zero-order valence-corrected chi connectivity index (χ0v) is 12.2. The molecule has 1 N–H and O–H groups in total. The van der Waals surface area contributed by atoms with Crippen LogP contribution >= 0.6 is 11.6 Å². The maximum absolute atomic E-state index is 12.2. The first-order valence-electron chi connectivity index (χ1n) is 6.11. The largest absolute Gasteiger partial charge is 0.359 e. The fourth-order valence-corrected chi connectivity index (χ4v) is 1.96. The minimum Gasteiger partial charge on any atom is -0.359 e. The summed E-state index contributed by atoms with van der Waals surface area (Å²) in [5.74, 6) is 0.0213. The van der Waals surface area contributed by atoms with Crippen LogP contribution in [0.4, 0.5) is 0 Å². The zero-order valence-electron chi connectivity index (χ0n) is 11.4. The van der Waals surface area contributed by atoms with Crippen molar-refractivity contribution in [2.24, 2.45) is 5.92 Å². The summed E-state index contributed by atoms with van der Waals surface area (Å²) in [6, 6.07) is 7.16. The molecule has 5 heteroatoms. The Hall–Kier alpha value is -1.55. The molecule has 0 saturated heterocycles. The van der Waals surface area contributed by atoms with Gasteiger partial charge in [-0.3, -0.25) is 9.59 Å². The molecule has 0 aliphatic rings. The van der Waals surface area contributed by atoms with Crippen molar-refractivity contribution in [1.29, 1.82) is 0 Å². The van der Waals surface area contributed by atoms with Gasteiger partial charge in [0.05, 0.1) is 5.92 Å². The van der Waals surface area contributed by atoms with E-state index in [1.54, 1.807) is 38.1 Å². The van der Waals surface area contributed by atoms with E-state index in [4.69, 9.17) is 11.6 Å². The van der Waals surface area contributed by atoms with Gasteiger partial charge in [-0.25, -0.2) is 0 Å². The smallest absolute Gasteiger partial charge is 0.253 e. The van der Waals surface area contributed by atoms with Gasteiger partial charge >= 0.3 is 0 Å². The third kappa shape index (κ3) is 4.24. The van der Waals surface area contributed by atoms with Gasteiger partial charge in [-0.15, -0.1) is 11.6 Å². The summed E-state index contributed by atoms with van der Waals surface area (Å²) in [7, 11) is 3.28. The van der Waals surface area contributed by atoms with E-state index < -0.39 is 0 Å². The molecular formula is C14H19ClN2O2. The maximum Gasteiger partial charge on any atom is 0.253 e. The van der Waals surface area contributed by atoms with Crippen molar-refractivity contribution in [3.05, 3.63) is 35.4 Å². The Bertz CT molecular complexity index is 445. The lowest BCUT2D eigenvalue weighted by molar-refractivity contribution is -0.124. The minimum atomic E-state index is -0.235. The SMILES string of the molecule is CNC(=O)C(C)CN(C)C(=O)c1ccc(CCl)cc1. The lowest BCUT2D eigenvalue weighted by Crippen LogP contribution is -2.37. The number of hydrogen-bond acceptors (Lipinski definition) is 2. The number of carbonyl (C=O) groups excluding carboxylic acids is 2. The highest BCUT2D eigenvalue weighted by molar-refractivity contribution is 6.17. The molecule has 1 atom stereocenters. The number of alkyl halides is 1. The molecule has 0 spiro atoms. The molecule has 0 radical (unpaired) electrons. The van der Waals surface area contributed by atoms with Crippen LogP contribution in [0.25, 0.3) is 0 Å². The highest BCUT2D eigenvalue weighted by Crippen LogP contribution is 2.10. The number of hydrogen-bond donors (Lipinski definition) is 1. The van der Waals surface area contributed by atoms with Gasteiger partial charge < -0.3 is 10.2 Å². The summed E-state index contributed by atoms with van der Waals surface area (Å²) in [6.07, 6.45) is 0. The van der Waals surface area contributed by atoms with E-state index in [0.717, 1.165) is 5.56 Å². The number of amides is 2. The molecule has 1 unspecified atom stereocenters. The van der Waals surface area contributed by atoms with Crippen molar-refractivity contribution in [1.82, 2.24) is 10.2 Å². The monoisotopic (exact) mass is 282 g/mol. The van der Waals surface area contributed by atoms with Crippen LogP contribution in [0.1, 0.15) is 22.8 Å². The Morgan fingerprint density at radius 3 is 2.37 bits per heavy atom. The van der Waals surface area contributed by atoms with E-state index in [1.807, 2.05) is 12.1 Å². The first kappa shape index (κ1) is 15.5. The Balaban J connectivity index is 2.68. The molecule has 0 bridgehead atoms. The predicted molar refractivity (Wildman–Crippen MR) is 76.2 cm³/mol. The summed E-state index contributed by atoms with van der Waals surface area (Å²) in [5.41, 5.74) is 1.57. The fraction of sp³-hybridized carbons (Fsp3) is 0.429. The van der Waals surface area contributed by atoms with Gasteiger partial charge in [-0.2, -0.15) is 0 Å². The Morgan fingerprint density at radius 2 is 1.89 bits per heavy atom. The van der Waals surface area contributed by atoms with E-state index in [1.165, 1.54) is 0 Å². The van der Waals surface area contributed by atoms with Gasteiger partial charge in [-0.05, 0) is 17.7 Å². The molecule has 1 aromatic rings. The van der Waals surface area contributed by atoms with Crippen molar-refractivity contribution in [3.8, 4) is 0 Å². The molecule has 19 heavy (non-hydrogen) atoms. The quantitative estimate of drug-likeness (QED) is 0.839. The van der Waals surface area contributed by atoms with Crippen LogP contribution in [0.5, 0.6) is 0 Å². The van der Waals surface area contributed by atoms with Gasteiger partial charge in [0.2, 0.25) is 5.91 Å². The molecular weight excluding hydrogens is 264 g/mol. The first-order chi connectivity index (χ1) is 8.99. The second-order valence-corrected chi connectivity index (χ2v) is 4.80. The van der Waals surface area contributed by atoms with Crippen LogP contribution in [-0.2, 0) is 10.7 Å². The van der Waals surface area contributed by atoms with Crippen molar-refractivity contribution >= 4 is 23.4 Å². The maximum atomic E-state index is 12.2. The highest BCUT2D eigenvalue weighted by atomic mass is 35.5. The normalized spacial score (nSPS) is 11.8. The Labute approximate surface area is 118 Å². The van der Waals surface area contributed by atoms with E-state index in [0.29, 0.717) is 18.0 Å². The molecule has 2 amide bonds. The lowest BCUT2D eigenvalue weighted by atomic mass is 10.1. The van der Waals surface area contributed by atoms with E-state index in [2.05, 4.69) is 5.32 Å². The molecule has 1 rings (SSSR count). The van der Waals surface area contributed by atoms with Crippen LogP contribution in [0.3, 0.4) is 0 Å². The molecule has 104 valence electrons. The fourth-order valence-electron chi connectivity index (χ4n) is 1.78. The summed E-state index contributed by atoms with van der Waals surface area (Å²) in [5, 5.41) is 2.57. The van der Waals surface area contributed by atoms with Crippen LogP contribution < -0.4 is 5.32 Å². The molecule has 0 fully saturated rings. The standard InChI is InChI=1S/C14H19ClN2O2/c1-10(13(18)16-2)9-17(3)14(19)12-6-4-11(8-15)5-7-12/h4-7,10H,8-9H2,1-3H3,(H,16,18). The molecule has 0 aliphatic heterocycles. The lowest BCUT2D eigenvalue weighted by Gasteiger charge is -2.20. The number of rotatable bonds is 5. The number of carbonyl (C=O) groups is 2. The molecule has 0 saturated carbocycles. The van der Waals surface area contributed by atoms with E-state index in [-0.39, 0.29) is 17.7 Å². The second kappa shape index (κ2) is 7.14. The van der Waals surface area contributed by atoms with Crippen LogP contribution in [0.15, 0.2) is 24.3 Å². The summed E-state index contributed by atoms with van der Waals surface area (Å²) >= 11 is 5.70. The number of benzene rings is 1. The van der Waals surface area contributed by atoms with Gasteiger partial charge in [0.1, 0.15) is 0 Å². The van der Waals surface area contributed by atoms with E-state index >= 15 is 0 Å². The third-order valence-electron chi connectivity index (χ3n) is 2.94. The van der Waals surface area contributed by atoms with Crippen LogP contribution in [0, 0.1) is 5.92 Å². The Kier molecular flexibility index (Phi) is 5.83. The van der Waals surface area contributed by atoms with Gasteiger partial charge in [0.25, 0.3) is 5.91 Å². The van der Waals surface area contributed by atoms with Crippen molar-refractivity contribution in [2.45, 2.75) is 12.8 Å². The third-order valence-corrected chi connectivity index (χ3v) is 3.25. The highest BCUT2D eigenvalue weighted by Gasteiger charge is 2.18. The minimum absolute atomic E-state index is 0.0721. The average Bonchev–Trinajstić information content (AvgIpc) is 2.45. The molecule has 4 nitrogen and oxygen atoms in total. The number of halogens is 1.